The summed E-state index contributed by atoms with van der Waals surface area (Å²) in [5.74, 6) is 0.545. The first kappa shape index (κ1) is 27.5. The third kappa shape index (κ3) is 2.91. The molecule has 0 spiro atoms. The SMILES string of the molecule is C=C[C@@]12CC[C@]3(C)C(CC=C4[C@]5(C)CC(C)(C)CC[C@]5(C(=O)OC)CC[C@]43C)[C@@]1(C)CCC(O)C2(C)C. The molecule has 0 saturated heterocycles. The molecular weight excluding hydrogens is 456 g/mol. The molecule has 0 bridgehead atoms. The van der Waals surface area contributed by atoms with Crippen molar-refractivity contribution in [3.8, 4) is 0 Å². The van der Waals surface area contributed by atoms with Crippen molar-refractivity contribution in [2.24, 2.45) is 49.2 Å². The molecule has 0 heterocycles. The molecule has 4 saturated carbocycles. The molecule has 5 aliphatic rings. The maximum Gasteiger partial charge on any atom is 0.312 e. The number of aliphatic hydroxyl groups is 1. The quantitative estimate of drug-likeness (QED) is 0.300. The summed E-state index contributed by atoms with van der Waals surface area (Å²) in [5, 5.41) is 11.2. The monoisotopic (exact) mass is 510 g/mol. The predicted molar refractivity (Wildman–Crippen MR) is 151 cm³/mol. The van der Waals surface area contributed by atoms with Gasteiger partial charge >= 0.3 is 5.97 Å². The molecule has 8 atom stereocenters. The molecule has 1 N–H and O–H groups in total. The number of carbonyl (C=O) groups is 1. The van der Waals surface area contributed by atoms with E-state index in [9.17, 15) is 9.90 Å². The van der Waals surface area contributed by atoms with Gasteiger partial charge in [0.05, 0.1) is 18.6 Å². The van der Waals surface area contributed by atoms with Crippen molar-refractivity contribution in [3.05, 3.63) is 24.3 Å². The Morgan fingerprint density at radius 3 is 2.19 bits per heavy atom. The summed E-state index contributed by atoms with van der Waals surface area (Å²) in [5.41, 5.74) is 1.18. The Hall–Kier alpha value is -1.09. The average molecular weight is 511 g/mol. The largest absolute Gasteiger partial charge is 0.469 e. The van der Waals surface area contributed by atoms with Gasteiger partial charge in [-0.1, -0.05) is 73.1 Å². The highest BCUT2D eigenvalue weighted by atomic mass is 16.5. The Morgan fingerprint density at radius 1 is 0.919 bits per heavy atom. The van der Waals surface area contributed by atoms with Crippen molar-refractivity contribution >= 4 is 5.97 Å². The van der Waals surface area contributed by atoms with E-state index in [-0.39, 0.29) is 50.0 Å². The van der Waals surface area contributed by atoms with Crippen LogP contribution in [0.5, 0.6) is 0 Å². The molecule has 0 amide bonds. The summed E-state index contributed by atoms with van der Waals surface area (Å²) in [7, 11) is 1.59. The van der Waals surface area contributed by atoms with Crippen LogP contribution in [0, 0.1) is 49.2 Å². The van der Waals surface area contributed by atoms with Gasteiger partial charge in [0.25, 0.3) is 0 Å². The van der Waals surface area contributed by atoms with Crippen LogP contribution in [0.4, 0.5) is 0 Å². The van der Waals surface area contributed by atoms with E-state index in [1.54, 1.807) is 12.7 Å². The van der Waals surface area contributed by atoms with Gasteiger partial charge in [-0.15, -0.1) is 6.58 Å². The lowest BCUT2D eigenvalue weighted by Crippen LogP contribution is -2.70. The van der Waals surface area contributed by atoms with Crippen LogP contribution in [-0.4, -0.2) is 24.3 Å². The number of allylic oxidation sites excluding steroid dienone is 3. The summed E-state index contributed by atoms with van der Waals surface area (Å²) in [4.78, 5) is 13.6. The Balaban J connectivity index is 1.68. The minimum absolute atomic E-state index is 0.0185. The topological polar surface area (TPSA) is 46.5 Å². The number of carbonyl (C=O) groups excluding carboxylic acids is 1. The maximum atomic E-state index is 13.6. The van der Waals surface area contributed by atoms with E-state index >= 15 is 0 Å². The maximum absolute atomic E-state index is 13.6. The molecular formula is C34H54O3. The van der Waals surface area contributed by atoms with Crippen LogP contribution in [0.15, 0.2) is 24.3 Å². The second-order valence-electron chi connectivity index (χ2n) is 16.3. The lowest BCUT2D eigenvalue weighted by atomic mass is 9.28. The normalized spacial score (nSPS) is 51.9. The van der Waals surface area contributed by atoms with E-state index < -0.39 is 5.41 Å². The Kier molecular flexibility index (Phi) is 5.76. The van der Waals surface area contributed by atoms with Gasteiger partial charge in [0.15, 0.2) is 0 Å². The van der Waals surface area contributed by atoms with Crippen molar-refractivity contribution in [2.75, 3.05) is 7.11 Å². The fraction of sp³-hybridized carbons (Fsp3) is 0.853. The van der Waals surface area contributed by atoms with Crippen molar-refractivity contribution in [1.29, 1.82) is 0 Å². The molecule has 0 radical (unpaired) electrons. The summed E-state index contributed by atoms with van der Waals surface area (Å²) >= 11 is 0. The van der Waals surface area contributed by atoms with Crippen LogP contribution >= 0.6 is 0 Å². The van der Waals surface area contributed by atoms with Gasteiger partial charge in [0, 0.05) is 16.2 Å². The number of esters is 1. The summed E-state index contributed by atoms with van der Waals surface area (Å²) < 4.78 is 5.57. The first-order valence-corrected chi connectivity index (χ1v) is 15.1. The lowest BCUT2D eigenvalue weighted by molar-refractivity contribution is -0.241. The number of hydrogen-bond acceptors (Lipinski definition) is 3. The summed E-state index contributed by atoms with van der Waals surface area (Å²) in [6, 6.07) is 0. The van der Waals surface area contributed by atoms with E-state index in [2.05, 4.69) is 74.1 Å². The van der Waals surface area contributed by atoms with Gasteiger partial charge in [-0.05, 0) is 91.8 Å². The lowest BCUT2D eigenvalue weighted by Gasteiger charge is -2.75. The zero-order valence-electron chi connectivity index (χ0n) is 25.4. The molecule has 2 unspecified atom stereocenters. The summed E-state index contributed by atoms with van der Waals surface area (Å²) in [6.45, 7) is 23.9. The second kappa shape index (κ2) is 7.76. The van der Waals surface area contributed by atoms with Gasteiger partial charge in [0.2, 0.25) is 0 Å². The predicted octanol–water partition coefficient (Wildman–Crippen LogP) is 8.27. The first-order chi connectivity index (χ1) is 17.0. The number of methoxy groups -OCH3 is 1. The molecule has 0 aromatic carbocycles. The summed E-state index contributed by atoms with van der Waals surface area (Å²) in [6.07, 6.45) is 14.8. The highest BCUT2D eigenvalue weighted by Crippen LogP contribution is 2.80. The molecule has 0 aromatic heterocycles. The van der Waals surface area contributed by atoms with Crippen molar-refractivity contribution < 1.29 is 14.6 Å². The average Bonchev–Trinajstić information content (AvgIpc) is 2.81. The van der Waals surface area contributed by atoms with Crippen LogP contribution < -0.4 is 0 Å². The minimum atomic E-state index is -0.411. The van der Waals surface area contributed by atoms with Crippen LogP contribution in [-0.2, 0) is 9.53 Å². The molecule has 4 fully saturated rings. The number of ether oxygens (including phenoxy) is 1. The van der Waals surface area contributed by atoms with Gasteiger partial charge in [0.1, 0.15) is 0 Å². The van der Waals surface area contributed by atoms with Crippen LogP contribution in [0.3, 0.4) is 0 Å². The molecule has 37 heavy (non-hydrogen) atoms. The first-order valence-electron chi connectivity index (χ1n) is 15.1. The standard InChI is InChI=1S/C34H54O3/c1-11-34-21-18-30(7)23(31(34,8)15-14-25(35)28(34,4)5)12-13-24-29(30,6)17-20-33(26(36)37-10)19-16-27(2,3)22-32(24,33)9/h11,13,23,25,35H,1,12,14-22H2,2-10H3/t23?,25?,29-,30-,31-,32+,33-,34+/m1/s1. The van der Waals surface area contributed by atoms with E-state index in [0.29, 0.717) is 5.92 Å². The fourth-order valence-corrected chi connectivity index (χ4v) is 12.2. The Labute approximate surface area is 226 Å². The number of rotatable bonds is 2. The highest BCUT2D eigenvalue weighted by Gasteiger charge is 2.74. The molecule has 5 rings (SSSR count). The third-order valence-electron chi connectivity index (χ3n) is 14.6. The van der Waals surface area contributed by atoms with E-state index in [1.165, 1.54) is 0 Å². The van der Waals surface area contributed by atoms with Gasteiger partial charge in [-0.2, -0.15) is 0 Å². The third-order valence-corrected chi connectivity index (χ3v) is 14.6. The van der Waals surface area contributed by atoms with E-state index in [0.717, 1.165) is 64.2 Å². The van der Waals surface area contributed by atoms with Crippen LogP contribution in [0.25, 0.3) is 0 Å². The molecule has 3 heteroatoms. The zero-order chi connectivity index (χ0) is 27.5. The molecule has 208 valence electrons. The number of hydrogen-bond donors (Lipinski definition) is 1. The smallest absolute Gasteiger partial charge is 0.312 e. The molecule has 0 aromatic rings. The van der Waals surface area contributed by atoms with Gasteiger partial charge in [-0.3, -0.25) is 4.79 Å². The molecule has 0 aliphatic heterocycles. The molecule has 5 aliphatic carbocycles. The van der Waals surface area contributed by atoms with Crippen LogP contribution in [0.2, 0.25) is 0 Å². The van der Waals surface area contributed by atoms with Crippen LogP contribution in [0.1, 0.15) is 120 Å². The van der Waals surface area contributed by atoms with Gasteiger partial charge in [-0.25, -0.2) is 0 Å². The van der Waals surface area contributed by atoms with Crippen molar-refractivity contribution in [2.45, 2.75) is 126 Å². The Bertz CT molecular complexity index is 1040. The number of fused-ring (bicyclic) bond motifs is 7. The minimum Gasteiger partial charge on any atom is -0.469 e. The fourth-order valence-electron chi connectivity index (χ4n) is 12.2. The number of aliphatic hydroxyl groups excluding tert-OH is 1. The van der Waals surface area contributed by atoms with E-state index in [4.69, 9.17) is 4.74 Å². The molecule has 3 nitrogen and oxygen atoms in total. The van der Waals surface area contributed by atoms with Crippen molar-refractivity contribution in [1.82, 2.24) is 0 Å². The van der Waals surface area contributed by atoms with Crippen molar-refractivity contribution in [3.63, 3.8) is 0 Å². The second-order valence-corrected chi connectivity index (χ2v) is 16.3. The Morgan fingerprint density at radius 2 is 1.57 bits per heavy atom. The van der Waals surface area contributed by atoms with E-state index in [1.807, 2.05) is 0 Å². The highest BCUT2D eigenvalue weighted by molar-refractivity contribution is 5.79. The van der Waals surface area contributed by atoms with Gasteiger partial charge < -0.3 is 9.84 Å². The zero-order valence-corrected chi connectivity index (χ0v) is 25.4.